The van der Waals surface area contributed by atoms with E-state index >= 15 is 0 Å². The Bertz CT molecular complexity index is 922. The van der Waals surface area contributed by atoms with Crippen LogP contribution >= 0.6 is 39.0 Å². The number of thioether (sulfide) groups is 1. The number of carbonyl (C=O) groups is 1. The third kappa shape index (κ3) is 3.06. The summed E-state index contributed by atoms with van der Waals surface area (Å²) in [5.41, 5.74) is 0.0673. The van der Waals surface area contributed by atoms with Crippen molar-refractivity contribution in [3.05, 3.63) is 44.7 Å². The molecule has 0 saturated carbocycles. The average molecular weight is 398 g/mol. The van der Waals surface area contributed by atoms with Crippen molar-refractivity contribution in [2.75, 3.05) is 11.6 Å². The molecule has 0 atom stereocenters. The molecule has 112 valence electrons. The van der Waals surface area contributed by atoms with Gasteiger partial charge in [0.1, 0.15) is 5.58 Å². The molecule has 1 amide bonds. The van der Waals surface area contributed by atoms with Crippen LogP contribution in [0.15, 0.2) is 42.3 Å². The number of nitrogens with zero attached hydrogens (tertiary/aromatic N) is 2. The summed E-state index contributed by atoms with van der Waals surface area (Å²) in [4.78, 5) is 24.2. The number of halogens is 1. The van der Waals surface area contributed by atoms with Gasteiger partial charge in [0.15, 0.2) is 15.5 Å². The fourth-order valence-corrected chi connectivity index (χ4v) is 3.27. The van der Waals surface area contributed by atoms with Crippen molar-refractivity contribution in [1.29, 1.82) is 0 Å². The molecule has 1 N–H and O–H groups in total. The van der Waals surface area contributed by atoms with Crippen LogP contribution in [0, 0.1) is 0 Å². The first-order valence-corrected chi connectivity index (χ1v) is 8.82. The van der Waals surface area contributed by atoms with Crippen LogP contribution in [0.4, 0.5) is 5.13 Å². The van der Waals surface area contributed by atoms with E-state index < -0.39 is 5.91 Å². The molecule has 6 nitrogen and oxygen atoms in total. The van der Waals surface area contributed by atoms with Gasteiger partial charge in [0, 0.05) is 10.5 Å². The standard InChI is InChI=1S/C13H8BrN3O3S2/c1-21-13-17-16-12(22-13)15-11(19)10-5-8(18)7-4-6(14)2-3-9(7)20-10/h2-5H,1H3,(H,15,16,19). The lowest BCUT2D eigenvalue weighted by Crippen LogP contribution is -2.14. The molecule has 0 unspecified atom stereocenters. The number of benzene rings is 1. The topological polar surface area (TPSA) is 85.1 Å². The maximum atomic E-state index is 12.2. The van der Waals surface area contributed by atoms with Crippen LogP contribution in [0.3, 0.4) is 0 Å². The summed E-state index contributed by atoms with van der Waals surface area (Å²) < 4.78 is 6.99. The second kappa shape index (κ2) is 6.19. The zero-order valence-corrected chi connectivity index (χ0v) is 14.3. The summed E-state index contributed by atoms with van der Waals surface area (Å²) in [6, 6.07) is 6.19. The van der Waals surface area contributed by atoms with Gasteiger partial charge in [-0.15, -0.1) is 10.2 Å². The van der Waals surface area contributed by atoms with Crippen molar-refractivity contribution in [2.45, 2.75) is 4.34 Å². The molecular weight excluding hydrogens is 390 g/mol. The van der Waals surface area contributed by atoms with E-state index in [-0.39, 0.29) is 11.2 Å². The third-order valence-electron chi connectivity index (χ3n) is 2.71. The number of rotatable bonds is 3. The molecule has 0 bridgehead atoms. The van der Waals surface area contributed by atoms with Gasteiger partial charge in [-0.2, -0.15) is 0 Å². The summed E-state index contributed by atoms with van der Waals surface area (Å²) >= 11 is 5.97. The van der Waals surface area contributed by atoms with Gasteiger partial charge in [0.2, 0.25) is 5.13 Å². The number of hydrogen-bond acceptors (Lipinski definition) is 7. The Morgan fingerprint density at radius 2 is 2.18 bits per heavy atom. The summed E-state index contributed by atoms with van der Waals surface area (Å²) in [7, 11) is 0. The predicted molar refractivity (Wildman–Crippen MR) is 89.8 cm³/mol. The van der Waals surface area contributed by atoms with E-state index in [1.165, 1.54) is 29.2 Å². The van der Waals surface area contributed by atoms with E-state index in [0.29, 0.717) is 16.1 Å². The van der Waals surface area contributed by atoms with Crippen molar-refractivity contribution >= 4 is 61.0 Å². The Balaban J connectivity index is 1.94. The highest BCUT2D eigenvalue weighted by atomic mass is 79.9. The number of hydrogen-bond donors (Lipinski definition) is 1. The molecule has 1 aromatic carbocycles. The molecule has 2 heterocycles. The summed E-state index contributed by atoms with van der Waals surface area (Å²) in [5, 5.41) is 11.0. The summed E-state index contributed by atoms with van der Waals surface area (Å²) in [6.07, 6.45) is 1.87. The van der Waals surface area contributed by atoms with Crippen molar-refractivity contribution in [3.8, 4) is 0 Å². The molecule has 22 heavy (non-hydrogen) atoms. The molecule has 0 aliphatic heterocycles. The fourth-order valence-electron chi connectivity index (χ4n) is 1.74. The largest absolute Gasteiger partial charge is 0.451 e. The van der Waals surface area contributed by atoms with Gasteiger partial charge < -0.3 is 4.42 Å². The van der Waals surface area contributed by atoms with Gasteiger partial charge >= 0.3 is 0 Å². The Labute approximate surface area is 141 Å². The van der Waals surface area contributed by atoms with E-state index in [2.05, 4.69) is 31.4 Å². The van der Waals surface area contributed by atoms with Gasteiger partial charge in [-0.3, -0.25) is 14.9 Å². The zero-order chi connectivity index (χ0) is 15.7. The van der Waals surface area contributed by atoms with Crippen LogP contribution in [0.5, 0.6) is 0 Å². The third-order valence-corrected chi connectivity index (χ3v) is 5.02. The quantitative estimate of drug-likeness (QED) is 0.538. The number of nitrogens with one attached hydrogen (secondary N) is 1. The minimum Gasteiger partial charge on any atom is -0.451 e. The molecule has 0 aliphatic carbocycles. The highest BCUT2D eigenvalue weighted by Gasteiger charge is 2.15. The van der Waals surface area contributed by atoms with E-state index in [1.54, 1.807) is 18.2 Å². The van der Waals surface area contributed by atoms with Gasteiger partial charge in [0.05, 0.1) is 5.39 Å². The normalized spacial score (nSPS) is 10.8. The minimum atomic E-state index is -0.536. The molecule has 0 aliphatic rings. The Kier molecular flexibility index (Phi) is 4.27. The van der Waals surface area contributed by atoms with E-state index in [1.807, 2.05) is 6.26 Å². The van der Waals surface area contributed by atoms with Crippen LogP contribution in [0.2, 0.25) is 0 Å². The molecule has 3 rings (SSSR count). The number of amides is 1. The monoisotopic (exact) mass is 397 g/mol. The van der Waals surface area contributed by atoms with Gasteiger partial charge in [-0.1, -0.05) is 39.0 Å². The first-order valence-electron chi connectivity index (χ1n) is 5.99. The van der Waals surface area contributed by atoms with Crippen molar-refractivity contribution in [1.82, 2.24) is 10.2 Å². The summed E-state index contributed by atoms with van der Waals surface area (Å²) in [6.45, 7) is 0. The minimum absolute atomic E-state index is 0.0688. The first-order chi connectivity index (χ1) is 10.6. The van der Waals surface area contributed by atoms with E-state index in [9.17, 15) is 9.59 Å². The first kappa shape index (κ1) is 15.2. The Morgan fingerprint density at radius 1 is 1.36 bits per heavy atom. The second-order valence-electron chi connectivity index (χ2n) is 4.15. The van der Waals surface area contributed by atoms with Crippen molar-refractivity contribution < 1.29 is 9.21 Å². The maximum Gasteiger partial charge on any atom is 0.293 e. The lowest BCUT2D eigenvalue weighted by molar-refractivity contribution is 0.0997. The van der Waals surface area contributed by atoms with Gasteiger partial charge in [-0.05, 0) is 24.5 Å². The Hall–Kier alpha value is -1.71. The van der Waals surface area contributed by atoms with Gasteiger partial charge in [0.25, 0.3) is 5.91 Å². The molecule has 3 aromatic rings. The molecule has 0 radical (unpaired) electrons. The van der Waals surface area contributed by atoms with Crippen LogP contribution in [-0.2, 0) is 0 Å². The van der Waals surface area contributed by atoms with Crippen LogP contribution < -0.4 is 10.7 Å². The van der Waals surface area contributed by atoms with E-state index in [4.69, 9.17) is 4.42 Å². The van der Waals surface area contributed by atoms with Crippen LogP contribution in [-0.4, -0.2) is 22.4 Å². The summed E-state index contributed by atoms with van der Waals surface area (Å²) in [5.74, 6) is -0.605. The average Bonchev–Trinajstić information content (AvgIpc) is 2.95. The van der Waals surface area contributed by atoms with Crippen molar-refractivity contribution in [3.63, 3.8) is 0 Å². The van der Waals surface area contributed by atoms with E-state index in [0.717, 1.165) is 8.81 Å². The Morgan fingerprint density at radius 3 is 2.91 bits per heavy atom. The number of carbonyl (C=O) groups excluding carboxylic acids is 1. The number of anilines is 1. The molecular formula is C13H8BrN3O3S2. The number of aromatic nitrogens is 2. The predicted octanol–water partition coefficient (Wildman–Crippen LogP) is 3.38. The molecule has 9 heteroatoms. The molecule has 2 aromatic heterocycles. The smallest absolute Gasteiger partial charge is 0.293 e. The lowest BCUT2D eigenvalue weighted by atomic mass is 10.2. The SMILES string of the molecule is CSc1nnc(NC(=O)c2cc(=O)c3cc(Br)ccc3o2)s1. The highest BCUT2D eigenvalue weighted by molar-refractivity contribution is 9.10. The zero-order valence-electron chi connectivity index (χ0n) is 11.1. The fraction of sp³-hybridized carbons (Fsp3) is 0.0769. The molecule has 0 spiro atoms. The molecule has 0 fully saturated rings. The highest BCUT2D eigenvalue weighted by Crippen LogP contribution is 2.24. The molecule has 0 saturated heterocycles. The van der Waals surface area contributed by atoms with Gasteiger partial charge in [-0.25, -0.2) is 0 Å². The second-order valence-corrected chi connectivity index (χ2v) is 7.09. The van der Waals surface area contributed by atoms with Crippen LogP contribution in [0.25, 0.3) is 11.0 Å². The van der Waals surface area contributed by atoms with Crippen molar-refractivity contribution in [2.24, 2.45) is 0 Å². The maximum absolute atomic E-state index is 12.2. The number of fused-ring (bicyclic) bond motifs is 1. The van der Waals surface area contributed by atoms with Crippen LogP contribution in [0.1, 0.15) is 10.6 Å². The lowest BCUT2D eigenvalue weighted by Gasteiger charge is -2.02.